The lowest BCUT2D eigenvalue weighted by Gasteiger charge is -2.32. The molecule has 1 amide bonds. The number of hydrogen-bond acceptors (Lipinski definition) is 4. The van der Waals surface area contributed by atoms with Crippen molar-refractivity contribution in [2.24, 2.45) is 0 Å². The number of amides is 1. The van der Waals surface area contributed by atoms with E-state index in [2.05, 4.69) is 10.3 Å². The lowest BCUT2D eigenvalue weighted by molar-refractivity contribution is -0.0736. The third-order valence-electron chi connectivity index (χ3n) is 4.79. The zero-order valence-electron chi connectivity index (χ0n) is 15.0. The van der Waals surface area contributed by atoms with Crippen LogP contribution in [0.3, 0.4) is 0 Å². The number of carbonyl (C=O) groups is 1. The van der Waals surface area contributed by atoms with E-state index in [0.717, 1.165) is 22.9 Å². The van der Waals surface area contributed by atoms with Crippen molar-refractivity contribution >= 4 is 16.8 Å². The third-order valence-corrected chi connectivity index (χ3v) is 4.79. The molecule has 0 bridgehead atoms. The number of carbonyl (C=O) groups excluding carboxylic acids is 1. The van der Waals surface area contributed by atoms with Crippen molar-refractivity contribution in [3.63, 3.8) is 0 Å². The van der Waals surface area contributed by atoms with Gasteiger partial charge < -0.3 is 14.8 Å². The molecule has 3 aromatic rings. The van der Waals surface area contributed by atoms with E-state index in [1.54, 1.807) is 6.20 Å². The molecule has 5 nitrogen and oxygen atoms in total. The van der Waals surface area contributed by atoms with Crippen molar-refractivity contribution in [3.8, 4) is 0 Å². The first kappa shape index (κ1) is 17.6. The van der Waals surface area contributed by atoms with Gasteiger partial charge in [0.2, 0.25) is 0 Å². The van der Waals surface area contributed by atoms with Gasteiger partial charge in [-0.3, -0.25) is 9.78 Å². The Balaban J connectivity index is 1.42. The van der Waals surface area contributed by atoms with E-state index in [4.69, 9.17) is 9.47 Å². The highest BCUT2D eigenvalue weighted by Gasteiger charge is 2.28. The molecule has 0 unspecified atom stereocenters. The first-order valence-corrected chi connectivity index (χ1v) is 9.18. The van der Waals surface area contributed by atoms with Gasteiger partial charge in [-0.25, -0.2) is 0 Å². The second-order valence-corrected chi connectivity index (χ2v) is 6.69. The summed E-state index contributed by atoms with van der Waals surface area (Å²) in [7, 11) is 0. The number of aromatic nitrogens is 1. The summed E-state index contributed by atoms with van der Waals surface area (Å²) in [5, 5.41) is 4.07. The second-order valence-electron chi connectivity index (χ2n) is 6.69. The van der Waals surface area contributed by atoms with E-state index in [-0.39, 0.29) is 18.1 Å². The van der Waals surface area contributed by atoms with Crippen molar-refractivity contribution in [3.05, 3.63) is 78.0 Å². The van der Waals surface area contributed by atoms with Crippen LogP contribution < -0.4 is 5.32 Å². The van der Waals surface area contributed by atoms with Crippen LogP contribution in [0.5, 0.6) is 0 Å². The minimum atomic E-state index is -0.162. The SMILES string of the molecule is O=C(N[C@@H]1CCOC[C@H]1OCc1ccccc1)c1ccc2ncccc2c1. The molecule has 138 valence electrons. The first-order chi connectivity index (χ1) is 13.3. The Kier molecular flexibility index (Phi) is 5.42. The van der Waals surface area contributed by atoms with Crippen LogP contribution in [0.1, 0.15) is 22.3 Å². The molecule has 0 aliphatic carbocycles. The number of nitrogens with zero attached hydrogens (tertiary/aromatic N) is 1. The fourth-order valence-electron chi connectivity index (χ4n) is 3.29. The maximum Gasteiger partial charge on any atom is 0.251 e. The second kappa shape index (κ2) is 8.29. The van der Waals surface area contributed by atoms with E-state index < -0.39 is 0 Å². The monoisotopic (exact) mass is 362 g/mol. The summed E-state index contributed by atoms with van der Waals surface area (Å²) in [5.41, 5.74) is 2.61. The highest BCUT2D eigenvalue weighted by molar-refractivity contribution is 5.98. The molecule has 1 fully saturated rings. The average molecular weight is 362 g/mol. The molecular formula is C22H22N2O3. The number of rotatable bonds is 5. The molecular weight excluding hydrogens is 340 g/mol. The zero-order valence-corrected chi connectivity index (χ0v) is 15.0. The van der Waals surface area contributed by atoms with Crippen LogP contribution in [-0.2, 0) is 16.1 Å². The highest BCUT2D eigenvalue weighted by Crippen LogP contribution is 2.17. The molecule has 5 heteroatoms. The van der Waals surface area contributed by atoms with Crippen LogP contribution in [0.2, 0.25) is 0 Å². The van der Waals surface area contributed by atoms with Gasteiger partial charge in [0.1, 0.15) is 6.10 Å². The van der Waals surface area contributed by atoms with Gasteiger partial charge in [0.05, 0.1) is 24.8 Å². The van der Waals surface area contributed by atoms with Crippen LogP contribution in [-0.4, -0.2) is 36.3 Å². The first-order valence-electron chi connectivity index (χ1n) is 9.18. The Morgan fingerprint density at radius 1 is 1.15 bits per heavy atom. The smallest absolute Gasteiger partial charge is 0.251 e. The van der Waals surface area contributed by atoms with Gasteiger partial charge in [0.25, 0.3) is 5.91 Å². The van der Waals surface area contributed by atoms with Crippen molar-refractivity contribution in [2.75, 3.05) is 13.2 Å². The van der Waals surface area contributed by atoms with Crippen molar-refractivity contribution in [1.29, 1.82) is 0 Å². The molecule has 1 aromatic heterocycles. The Bertz CT molecular complexity index is 914. The normalized spacial score (nSPS) is 19.7. The largest absolute Gasteiger partial charge is 0.379 e. The van der Waals surface area contributed by atoms with E-state index in [0.29, 0.717) is 25.4 Å². The number of nitrogens with one attached hydrogen (secondary N) is 1. The minimum Gasteiger partial charge on any atom is -0.379 e. The van der Waals surface area contributed by atoms with E-state index >= 15 is 0 Å². The molecule has 1 aliphatic heterocycles. The minimum absolute atomic E-state index is 0.0699. The predicted octanol–water partition coefficient (Wildman–Crippen LogP) is 3.34. The maximum absolute atomic E-state index is 12.7. The number of ether oxygens (including phenoxy) is 2. The van der Waals surface area contributed by atoms with E-state index in [1.807, 2.05) is 60.7 Å². The summed E-state index contributed by atoms with van der Waals surface area (Å²) in [6.45, 7) is 1.61. The zero-order chi connectivity index (χ0) is 18.5. The molecule has 0 spiro atoms. The molecule has 1 saturated heterocycles. The summed E-state index contributed by atoms with van der Waals surface area (Å²) in [6, 6.07) is 19.3. The van der Waals surface area contributed by atoms with Crippen LogP contribution >= 0.6 is 0 Å². The summed E-state index contributed by atoms with van der Waals surface area (Å²) < 4.78 is 11.6. The van der Waals surface area contributed by atoms with Gasteiger partial charge in [-0.1, -0.05) is 36.4 Å². The lowest BCUT2D eigenvalue weighted by atomic mass is 10.0. The molecule has 1 N–H and O–H groups in total. The Morgan fingerprint density at radius 3 is 2.93 bits per heavy atom. The molecule has 1 aliphatic rings. The van der Waals surface area contributed by atoms with Gasteiger partial charge in [0.15, 0.2) is 0 Å². The highest BCUT2D eigenvalue weighted by atomic mass is 16.5. The quantitative estimate of drug-likeness (QED) is 0.756. The Morgan fingerprint density at radius 2 is 2.04 bits per heavy atom. The third kappa shape index (κ3) is 4.32. The van der Waals surface area contributed by atoms with Crippen molar-refractivity contribution in [2.45, 2.75) is 25.2 Å². The van der Waals surface area contributed by atoms with Gasteiger partial charge in [-0.05, 0) is 36.2 Å². The van der Waals surface area contributed by atoms with E-state index in [1.165, 1.54) is 0 Å². The van der Waals surface area contributed by atoms with Gasteiger partial charge in [-0.15, -0.1) is 0 Å². The summed E-state index contributed by atoms with van der Waals surface area (Å²) >= 11 is 0. The number of benzene rings is 2. The molecule has 4 rings (SSSR count). The summed E-state index contributed by atoms with van der Waals surface area (Å²) in [6.07, 6.45) is 2.32. The van der Waals surface area contributed by atoms with E-state index in [9.17, 15) is 4.79 Å². The Labute approximate surface area is 158 Å². The topological polar surface area (TPSA) is 60.5 Å². The standard InChI is InChI=1S/C22H22N2O3/c25-22(18-8-9-19-17(13-18)7-4-11-23-19)24-20-10-12-26-15-21(20)27-14-16-5-2-1-3-6-16/h1-9,11,13,20-21H,10,12,14-15H2,(H,24,25)/t20-,21-/m1/s1. The van der Waals surface area contributed by atoms with Crippen LogP contribution in [0.4, 0.5) is 0 Å². The lowest BCUT2D eigenvalue weighted by Crippen LogP contribution is -2.49. The van der Waals surface area contributed by atoms with Gasteiger partial charge >= 0.3 is 0 Å². The maximum atomic E-state index is 12.7. The number of hydrogen-bond donors (Lipinski definition) is 1. The summed E-state index contributed by atoms with van der Waals surface area (Å²) in [5.74, 6) is -0.0963. The van der Waals surface area contributed by atoms with Crippen molar-refractivity contribution in [1.82, 2.24) is 10.3 Å². The summed E-state index contributed by atoms with van der Waals surface area (Å²) in [4.78, 5) is 17.0. The van der Waals surface area contributed by atoms with Crippen LogP contribution in [0.25, 0.3) is 10.9 Å². The van der Waals surface area contributed by atoms with Crippen molar-refractivity contribution < 1.29 is 14.3 Å². The van der Waals surface area contributed by atoms with Crippen LogP contribution in [0.15, 0.2) is 66.9 Å². The fourth-order valence-corrected chi connectivity index (χ4v) is 3.29. The van der Waals surface area contributed by atoms with Gasteiger partial charge in [-0.2, -0.15) is 0 Å². The average Bonchev–Trinajstić information content (AvgIpc) is 2.73. The fraction of sp³-hybridized carbons (Fsp3) is 0.273. The molecule has 2 atom stereocenters. The molecule has 27 heavy (non-hydrogen) atoms. The van der Waals surface area contributed by atoms with Crippen LogP contribution in [0, 0.1) is 0 Å². The predicted molar refractivity (Wildman–Crippen MR) is 103 cm³/mol. The molecule has 2 aromatic carbocycles. The molecule has 2 heterocycles. The van der Waals surface area contributed by atoms with Gasteiger partial charge in [0, 0.05) is 23.8 Å². The molecule has 0 radical (unpaired) electrons. The Hall–Kier alpha value is -2.76. The molecule has 0 saturated carbocycles. The number of pyridine rings is 1. The number of fused-ring (bicyclic) bond motifs is 1.